The normalized spacial score (nSPS) is 26.7. The van der Waals surface area contributed by atoms with Crippen LogP contribution in [0.3, 0.4) is 0 Å². The average Bonchev–Trinajstić information content (AvgIpc) is 2.74. The largest absolute Gasteiger partial charge is 0.391 e. The molecule has 3 N–H and O–H groups in total. The molecule has 3 nitrogen and oxygen atoms in total. The minimum Gasteiger partial charge on any atom is -0.391 e. The third-order valence-electron chi connectivity index (χ3n) is 3.13. The summed E-state index contributed by atoms with van der Waals surface area (Å²) in [6.45, 7) is 7.34. The van der Waals surface area contributed by atoms with E-state index < -0.39 is 0 Å². The number of aliphatic hydroxyl groups excluding tert-OH is 1. The molecule has 1 aromatic heterocycles. The predicted molar refractivity (Wildman–Crippen MR) is 61.4 cm³/mol. The molecule has 1 aromatic rings. The second-order valence-corrected chi connectivity index (χ2v) is 5.26. The van der Waals surface area contributed by atoms with Gasteiger partial charge < -0.3 is 14.9 Å². The van der Waals surface area contributed by atoms with Crippen LogP contribution in [0.25, 0.3) is 0 Å². The summed E-state index contributed by atoms with van der Waals surface area (Å²) >= 11 is 1.86. The minimum absolute atomic E-state index is 0.329. The van der Waals surface area contributed by atoms with Crippen molar-refractivity contribution in [2.45, 2.75) is 6.54 Å². The monoisotopic (exact) mass is 228 g/mol. The first-order valence-electron chi connectivity index (χ1n) is 5.69. The van der Waals surface area contributed by atoms with E-state index in [2.05, 4.69) is 17.5 Å². The number of piperazine rings is 1. The molecule has 0 spiro atoms. The Labute approximate surface area is 94.9 Å². The van der Waals surface area contributed by atoms with Crippen molar-refractivity contribution in [3.05, 3.63) is 22.4 Å². The van der Waals surface area contributed by atoms with E-state index in [1.165, 1.54) is 37.6 Å². The highest BCUT2D eigenvalue weighted by Gasteiger charge is 2.22. The Morgan fingerprint density at radius 2 is 1.93 bits per heavy atom. The average molecular weight is 228 g/mol. The van der Waals surface area contributed by atoms with Crippen molar-refractivity contribution < 1.29 is 14.9 Å². The summed E-state index contributed by atoms with van der Waals surface area (Å²) in [7, 11) is 0. The zero-order valence-corrected chi connectivity index (χ0v) is 9.85. The molecule has 0 amide bonds. The first kappa shape index (κ1) is 11.1. The van der Waals surface area contributed by atoms with Gasteiger partial charge in [0.1, 0.15) is 39.3 Å². The fraction of sp³-hybridized carbons (Fsp3) is 0.636. The lowest BCUT2D eigenvalue weighted by Gasteiger charge is -2.28. The second kappa shape index (κ2) is 5.61. The molecule has 0 aliphatic carbocycles. The molecule has 84 valence electrons. The van der Waals surface area contributed by atoms with Crippen LogP contribution in [0.4, 0.5) is 0 Å². The van der Waals surface area contributed by atoms with Crippen molar-refractivity contribution in [1.29, 1.82) is 0 Å². The number of nitrogens with one attached hydrogen (secondary N) is 2. The molecule has 0 saturated carbocycles. The number of hydrogen-bond acceptors (Lipinski definition) is 2. The van der Waals surface area contributed by atoms with Gasteiger partial charge in [-0.3, -0.25) is 0 Å². The molecule has 2 heterocycles. The Hall–Kier alpha value is -0.420. The van der Waals surface area contributed by atoms with Crippen molar-refractivity contribution in [3.8, 4) is 0 Å². The van der Waals surface area contributed by atoms with E-state index in [1.807, 2.05) is 11.3 Å². The van der Waals surface area contributed by atoms with E-state index in [0.29, 0.717) is 6.61 Å². The van der Waals surface area contributed by atoms with Crippen molar-refractivity contribution in [1.82, 2.24) is 0 Å². The van der Waals surface area contributed by atoms with E-state index in [9.17, 15) is 0 Å². The smallest absolute Gasteiger partial charge is 0.127 e. The van der Waals surface area contributed by atoms with Crippen LogP contribution < -0.4 is 9.80 Å². The number of thiophene rings is 1. The first-order chi connectivity index (χ1) is 7.38. The molecule has 0 unspecified atom stereocenters. The molecule has 0 radical (unpaired) electrons. The van der Waals surface area contributed by atoms with E-state index in [0.717, 1.165) is 6.54 Å². The lowest BCUT2D eigenvalue weighted by molar-refractivity contribution is -1.02. The maximum Gasteiger partial charge on any atom is 0.127 e. The Morgan fingerprint density at radius 3 is 2.53 bits per heavy atom. The summed E-state index contributed by atoms with van der Waals surface area (Å²) < 4.78 is 0. The van der Waals surface area contributed by atoms with Crippen LogP contribution in [-0.4, -0.2) is 44.4 Å². The molecular weight excluding hydrogens is 208 g/mol. The Balaban J connectivity index is 1.74. The molecule has 4 heteroatoms. The molecule has 0 atom stereocenters. The highest BCUT2D eigenvalue weighted by Crippen LogP contribution is 2.05. The molecule has 0 aromatic carbocycles. The van der Waals surface area contributed by atoms with Gasteiger partial charge in [0.25, 0.3) is 0 Å². The predicted octanol–water partition coefficient (Wildman–Crippen LogP) is -1.98. The lowest BCUT2D eigenvalue weighted by Crippen LogP contribution is -3.27. The molecule has 1 saturated heterocycles. The van der Waals surface area contributed by atoms with Crippen LogP contribution in [0.5, 0.6) is 0 Å². The van der Waals surface area contributed by atoms with Crippen LogP contribution in [0.1, 0.15) is 4.88 Å². The van der Waals surface area contributed by atoms with Crippen LogP contribution in [-0.2, 0) is 6.54 Å². The van der Waals surface area contributed by atoms with Gasteiger partial charge in [-0.2, -0.15) is 0 Å². The molecule has 1 aliphatic heterocycles. The van der Waals surface area contributed by atoms with Gasteiger partial charge in [-0.25, -0.2) is 0 Å². The third-order valence-corrected chi connectivity index (χ3v) is 4.01. The summed E-state index contributed by atoms with van der Waals surface area (Å²) in [5, 5.41) is 11.0. The molecule has 1 fully saturated rings. The Morgan fingerprint density at radius 1 is 1.20 bits per heavy atom. The lowest BCUT2D eigenvalue weighted by atomic mass is 10.3. The summed E-state index contributed by atoms with van der Waals surface area (Å²) in [4.78, 5) is 4.75. The van der Waals surface area contributed by atoms with Crippen molar-refractivity contribution in [2.24, 2.45) is 0 Å². The molecule has 0 bridgehead atoms. The summed E-state index contributed by atoms with van der Waals surface area (Å²) in [6, 6.07) is 4.36. The summed E-state index contributed by atoms with van der Waals surface area (Å²) in [5.41, 5.74) is 0. The first-order valence-corrected chi connectivity index (χ1v) is 6.57. The van der Waals surface area contributed by atoms with Gasteiger partial charge in [0.15, 0.2) is 0 Å². The van der Waals surface area contributed by atoms with E-state index in [1.54, 1.807) is 9.80 Å². The Kier molecular flexibility index (Phi) is 4.14. The van der Waals surface area contributed by atoms with E-state index >= 15 is 0 Å². The number of rotatable bonds is 4. The fourth-order valence-electron chi connectivity index (χ4n) is 2.20. The van der Waals surface area contributed by atoms with Gasteiger partial charge >= 0.3 is 0 Å². The quantitative estimate of drug-likeness (QED) is 0.548. The van der Waals surface area contributed by atoms with Gasteiger partial charge in [0, 0.05) is 0 Å². The zero-order chi connectivity index (χ0) is 10.5. The van der Waals surface area contributed by atoms with Crippen LogP contribution in [0.2, 0.25) is 0 Å². The van der Waals surface area contributed by atoms with Gasteiger partial charge in [0.05, 0.1) is 11.5 Å². The zero-order valence-electron chi connectivity index (χ0n) is 9.04. The Bertz CT molecular complexity index is 268. The number of aliphatic hydroxyl groups is 1. The summed E-state index contributed by atoms with van der Waals surface area (Å²) in [5.74, 6) is 0. The maximum atomic E-state index is 8.87. The van der Waals surface area contributed by atoms with Crippen LogP contribution in [0.15, 0.2) is 17.5 Å². The highest BCUT2D eigenvalue weighted by molar-refractivity contribution is 7.09. The van der Waals surface area contributed by atoms with Gasteiger partial charge in [-0.05, 0) is 11.4 Å². The fourth-order valence-corrected chi connectivity index (χ4v) is 2.98. The van der Waals surface area contributed by atoms with Crippen molar-refractivity contribution in [3.63, 3.8) is 0 Å². The summed E-state index contributed by atoms with van der Waals surface area (Å²) in [6.07, 6.45) is 0. The molecular formula is C11H20N2OS+2. The SMILES string of the molecule is OCC[NH+]1CC[NH+](Cc2cccs2)CC1. The molecule has 2 rings (SSSR count). The molecule has 15 heavy (non-hydrogen) atoms. The number of hydrogen-bond donors (Lipinski definition) is 3. The number of quaternary nitrogens is 2. The highest BCUT2D eigenvalue weighted by atomic mass is 32.1. The van der Waals surface area contributed by atoms with Gasteiger partial charge in [-0.15, -0.1) is 11.3 Å². The topological polar surface area (TPSA) is 29.1 Å². The van der Waals surface area contributed by atoms with E-state index in [-0.39, 0.29) is 0 Å². The van der Waals surface area contributed by atoms with Crippen LogP contribution >= 0.6 is 11.3 Å². The van der Waals surface area contributed by atoms with Gasteiger partial charge in [-0.1, -0.05) is 6.07 Å². The van der Waals surface area contributed by atoms with E-state index in [4.69, 9.17) is 5.11 Å². The third kappa shape index (κ3) is 3.28. The van der Waals surface area contributed by atoms with Gasteiger partial charge in [0.2, 0.25) is 0 Å². The van der Waals surface area contributed by atoms with Crippen molar-refractivity contribution >= 4 is 11.3 Å². The van der Waals surface area contributed by atoms with Crippen LogP contribution in [0, 0.1) is 0 Å². The maximum absolute atomic E-state index is 8.87. The minimum atomic E-state index is 0.329. The molecule has 1 aliphatic rings. The second-order valence-electron chi connectivity index (χ2n) is 4.23. The standard InChI is InChI=1S/C11H18N2OS/c14-8-7-12-3-5-13(6-4-12)10-11-2-1-9-15-11/h1-2,9,14H,3-8,10H2/p+2. The van der Waals surface area contributed by atoms with Crippen molar-refractivity contribution in [2.75, 3.05) is 39.3 Å².